The van der Waals surface area contributed by atoms with Crippen LogP contribution in [0, 0.1) is 11.7 Å². The second kappa shape index (κ2) is 4.53. The van der Waals surface area contributed by atoms with Crippen molar-refractivity contribution < 1.29 is 9.13 Å². The highest BCUT2D eigenvalue weighted by Crippen LogP contribution is 2.16. The van der Waals surface area contributed by atoms with Crippen LogP contribution in [-0.4, -0.2) is 11.5 Å². The van der Waals surface area contributed by atoms with Gasteiger partial charge >= 0.3 is 0 Å². The molecular formula is C12H11FOS. The van der Waals surface area contributed by atoms with Crippen molar-refractivity contribution in [1.82, 2.24) is 0 Å². The van der Waals surface area contributed by atoms with Gasteiger partial charge in [0.25, 0.3) is 0 Å². The third-order valence-electron chi connectivity index (χ3n) is 2.42. The van der Waals surface area contributed by atoms with Crippen LogP contribution < -0.4 is 0 Å². The van der Waals surface area contributed by atoms with Gasteiger partial charge in [0.2, 0.25) is 0 Å². The number of benzene rings is 1. The number of rotatable bonds is 2. The maximum Gasteiger partial charge on any atom is 0.123 e. The highest BCUT2D eigenvalue weighted by atomic mass is 32.1. The van der Waals surface area contributed by atoms with E-state index in [1.54, 1.807) is 18.4 Å². The summed E-state index contributed by atoms with van der Waals surface area (Å²) >= 11 is 5.20. The van der Waals surface area contributed by atoms with Crippen LogP contribution in [0.4, 0.5) is 4.39 Å². The van der Waals surface area contributed by atoms with Gasteiger partial charge in [0.1, 0.15) is 12.4 Å². The highest BCUT2D eigenvalue weighted by molar-refractivity contribution is 7.80. The van der Waals surface area contributed by atoms with E-state index in [-0.39, 0.29) is 11.7 Å². The van der Waals surface area contributed by atoms with E-state index in [9.17, 15) is 4.39 Å². The zero-order valence-electron chi connectivity index (χ0n) is 8.15. The van der Waals surface area contributed by atoms with Crippen molar-refractivity contribution in [2.75, 3.05) is 6.61 Å². The molecule has 1 aromatic rings. The lowest BCUT2D eigenvalue weighted by Gasteiger charge is -2.18. The van der Waals surface area contributed by atoms with Gasteiger partial charge in [-0.25, -0.2) is 4.39 Å². The lowest BCUT2D eigenvalue weighted by molar-refractivity contribution is 0.288. The largest absolute Gasteiger partial charge is 0.496 e. The van der Waals surface area contributed by atoms with Crippen LogP contribution in [0.5, 0.6) is 0 Å². The zero-order valence-corrected chi connectivity index (χ0v) is 8.97. The lowest BCUT2D eigenvalue weighted by atomic mass is 9.95. The quantitative estimate of drug-likeness (QED) is 0.711. The van der Waals surface area contributed by atoms with Crippen LogP contribution in [0.3, 0.4) is 0 Å². The summed E-state index contributed by atoms with van der Waals surface area (Å²) in [5, 5.41) is 0. The monoisotopic (exact) mass is 222 g/mol. The fraction of sp³-hybridized carbons (Fsp3) is 0.250. The molecule has 15 heavy (non-hydrogen) atoms. The van der Waals surface area contributed by atoms with Crippen LogP contribution in [0.15, 0.2) is 36.6 Å². The van der Waals surface area contributed by atoms with Crippen molar-refractivity contribution in [3.8, 4) is 0 Å². The summed E-state index contributed by atoms with van der Waals surface area (Å²) in [5.41, 5.74) is 1.09. The zero-order chi connectivity index (χ0) is 10.7. The Bertz CT molecular complexity index is 383. The Kier molecular flexibility index (Phi) is 3.11. The molecule has 0 bridgehead atoms. The molecule has 0 saturated carbocycles. The van der Waals surface area contributed by atoms with Crippen LogP contribution >= 0.6 is 12.2 Å². The topological polar surface area (TPSA) is 9.23 Å². The molecule has 0 amide bonds. The third-order valence-corrected chi connectivity index (χ3v) is 2.84. The summed E-state index contributed by atoms with van der Waals surface area (Å²) < 4.78 is 17.8. The minimum atomic E-state index is -0.205. The molecule has 0 N–H and O–H groups in total. The number of thiocarbonyl (C=S) groups is 1. The normalized spacial score (nSPS) is 20.1. The van der Waals surface area contributed by atoms with Gasteiger partial charge in [-0.1, -0.05) is 24.4 Å². The Morgan fingerprint density at radius 3 is 2.73 bits per heavy atom. The van der Waals surface area contributed by atoms with E-state index in [0.717, 1.165) is 16.8 Å². The fourth-order valence-electron chi connectivity index (χ4n) is 1.55. The van der Waals surface area contributed by atoms with Crippen molar-refractivity contribution >= 4 is 17.1 Å². The first-order valence-corrected chi connectivity index (χ1v) is 5.22. The minimum Gasteiger partial charge on any atom is -0.496 e. The van der Waals surface area contributed by atoms with E-state index in [2.05, 4.69) is 0 Å². The van der Waals surface area contributed by atoms with Gasteiger partial charge in [-0.05, 0) is 30.2 Å². The number of hydrogen-bond acceptors (Lipinski definition) is 2. The molecule has 1 aliphatic heterocycles. The molecular weight excluding hydrogens is 211 g/mol. The first-order valence-electron chi connectivity index (χ1n) is 4.81. The second-order valence-electron chi connectivity index (χ2n) is 3.54. The predicted molar refractivity (Wildman–Crippen MR) is 61.3 cm³/mol. The van der Waals surface area contributed by atoms with E-state index in [1.165, 1.54) is 12.1 Å². The van der Waals surface area contributed by atoms with Gasteiger partial charge in [0.05, 0.1) is 6.26 Å². The van der Waals surface area contributed by atoms with E-state index in [1.807, 2.05) is 6.08 Å². The summed E-state index contributed by atoms with van der Waals surface area (Å²) in [6.45, 7) is 0.512. The molecule has 1 nitrogen and oxygen atoms in total. The summed E-state index contributed by atoms with van der Waals surface area (Å²) in [6, 6.07) is 6.53. The van der Waals surface area contributed by atoms with E-state index in [0.29, 0.717) is 6.61 Å². The first kappa shape index (κ1) is 10.3. The molecule has 0 spiro atoms. The van der Waals surface area contributed by atoms with E-state index < -0.39 is 0 Å². The van der Waals surface area contributed by atoms with Gasteiger partial charge in [0, 0.05) is 10.8 Å². The van der Waals surface area contributed by atoms with Gasteiger partial charge in [-0.2, -0.15) is 0 Å². The average Bonchev–Trinajstić information content (AvgIpc) is 2.25. The number of hydrogen-bond donors (Lipinski definition) is 0. The molecule has 0 aliphatic carbocycles. The summed E-state index contributed by atoms with van der Waals surface area (Å²) in [4.78, 5) is 0.904. The summed E-state index contributed by atoms with van der Waals surface area (Å²) in [7, 11) is 0. The highest BCUT2D eigenvalue weighted by Gasteiger charge is 2.15. The Hall–Kier alpha value is -1.22. The van der Waals surface area contributed by atoms with Crippen LogP contribution in [0.25, 0.3) is 0 Å². The maximum absolute atomic E-state index is 12.7. The van der Waals surface area contributed by atoms with Crippen molar-refractivity contribution in [1.29, 1.82) is 0 Å². The summed E-state index contributed by atoms with van der Waals surface area (Å²) in [6.07, 6.45) is 4.46. The molecule has 1 heterocycles. The first-order chi connectivity index (χ1) is 7.25. The fourth-order valence-corrected chi connectivity index (χ4v) is 1.78. The molecule has 3 heteroatoms. The van der Waals surface area contributed by atoms with Gasteiger partial charge in [-0.15, -0.1) is 0 Å². The third kappa shape index (κ3) is 2.63. The lowest BCUT2D eigenvalue weighted by Crippen LogP contribution is -2.20. The SMILES string of the molecule is Fc1ccc(CC2C=COCC2=S)cc1. The smallest absolute Gasteiger partial charge is 0.123 e. The molecule has 0 aromatic heterocycles. The van der Waals surface area contributed by atoms with Gasteiger partial charge < -0.3 is 4.74 Å². The summed E-state index contributed by atoms with van der Waals surface area (Å²) in [5.74, 6) is 0.0306. The van der Waals surface area contributed by atoms with Gasteiger partial charge in [0.15, 0.2) is 0 Å². The molecule has 0 fully saturated rings. The van der Waals surface area contributed by atoms with Crippen LogP contribution in [0.1, 0.15) is 5.56 Å². The minimum absolute atomic E-state index is 0.205. The molecule has 1 aromatic carbocycles. The number of halogens is 1. The van der Waals surface area contributed by atoms with Crippen LogP contribution in [-0.2, 0) is 11.2 Å². The Morgan fingerprint density at radius 2 is 2.07 bits per heavy atom. The van der Waals surface area contributed by atoms with E-state index in [4.69, 9.17) is 17.0 Å². The van der Waals surface area contributed by atoms with E-state index >= 15 is 0 Å². The van der Waals surface area contributed by atoms with Crippen molar-refractivity contribution in [3.05, 3.63) is 48.0 Å². The molecule has 78 valence electrons. The maximum atomic E-state index is 12.7. The number of allylic oxidation sites excluding steroid dienone is 1. The molecule has 0 saturated heterocycles. The molecule has 2 rings (SSSR count). The Balaban J connectivity index is 2.07. The Morgan fingerprint density at radius 1 is 1.33 bits per heavy atom. The second-order valence-corrected chi connectivity index (χ2v) is 4.07. The standard InChI is InChI=1S/C12H11FOS/c13-11-3-1-9(2-4-11)7-10-5-6-14-8-12(10)15/h1-6,10H,7-8H2. The predicted octanol–water partition coefficient (Wildman–Crippen LogP) is 2.90. The molecule has 1 unspecified atom stereocenters. The molecule has 0 radical (unpaired) electrons. The molecule has 1 atom stereocenters. The van der Waals surface area contributed by atoms with Crippen molar-refractivity contribution in [2.24, 2.45) is 5.92 Å². The van der Waals surface area contributed by atoms with Gasteiger partial charge in [-0.3, -0.25) is 0 Å². The average molecular weight is 222 g/mol. The van der Waals surface area contributed by atoms with Crippen LogP contribution in [0.2, 0.25) is 0 Å². The Labute approximate surface area is 93.6 Å². The van der Waals surface area contributed by atoms with Crippen molar-refractivity contribution in [2.45, 2.75) is 6.42 Å². The van der Waals surface area contributed by atoms with Crippen molar-refractivity contribution in [3.63, 3.8) is 0 Å². The number of ether oxygens (including phenoxy) is 1. The molecule has 1 aliphatic rings.